The molecule has 2 aliphatic heterocycles. The van der Waals surface area contributed by atoms with E-state index in [9.17, 15) is 0 Å². The molecule has 4 rings (SSSR count). The Morgan fingerprint density at radius 1 is 1.26 bits per heavy atom. The van der Waals surface area contributed by atoms with Crippen molar-refractivity contribution in [2.75, 3.05) is 26.3 Å². The third-order valence-electron chi connectivity index (χ3n) is 4.24. The molecule has 0 aromatic carbocycles. The van der Waals surface area contributed by atoms with E-state index in [2.05, 4.69) is 58.0 Å². The van der Waals surface area contributed by atoms with Crippen LogP contribution in [0.1, 0.15) is 11.3 Å². The molecular weight excluding hydrogens is 288 g/mol. The summed E-state index contributed by atoms with van der Waals surface area (Å²) in [7, 11) is 0. The molecule has 0 spiro atoms. The van der Waals surface area contributed by atoms with Crippen LogP contribution in [0.15, 0.2) is 48.6 Å². The van der Waals surface area contributed by atoms with Crippen LogP contribution in [0.25, 0.3) is 16.6 Å². The molecule has 1 fully saturated rings. The first-order chi connectivity index (χ1) is 11.2. The standard InChI is InChI=1S/C18H20N4O/c1-12-9-14(11-17(20-12)22-5-7-23-8-6-22)15-3-4-19-18-16(15)10-13(2)21-18/h3-4,9-11,20H,1,5-8H2,2H3,(H,19,21). The zero-order valence-corrected chi connectivity index (χ0v) is 13.2. The second-order valence-corrected chi connectivity index (χ2v) is 5.95. The third-order valence-corrected chi connectivity index (χ3v) is 4.24. The number of morpholine rings is 1. The lowest BCUT2D eigenvalue weighted by atomic mass is 10.0. The lowest BCUT2D eigenvalue weighted by Gasteiger charge is -2.33. The highest BCUT2D eigenvalue weighted by molar-refractivity contribution is 5.94. The van der Waals surface area contributed by atoms with Crippen molar-refractivity contribution in [2.24, 2.45) is 0 Å². The molecule has 5 heteroatoms. The molecule has 2 N–H and O–H groups in total. The van der Waals surface area contributed by atoms with Gasteiger partial charge in [0.05, 0.1) is 13.2 Å². The maximum absolute atomic E-state index is 5.44. The van der Waals surface area contributed by atoms with Gasteiger partial charge in [-0.05, 0) is 42.3 Å². The molecule has 0 radical (unpaired) electrons. The lowest BCUT2D eigenvalue weighted by molar-refractivity contribution is 0.0511. The molecule has 2 aromatic rings. The number of ether oxygens (including phenoxy) is 1. The fourth-order valence-electron chi connectivity index (χ4n) is 3.15. The average molecular weight is 308 g/mol. The van der Waals surface area contributed by atoms with Crippen LogP contribution in [0.3, 0.4) is 0 Å². The summed E-state index contributed by atoms with van der Waals surface area (Å²) < 4.78 is 5.44. The van der Waals surface area contributed by atoms with Crippen molar-refractivity contribution < 1.29 is 4.74 Å². The van der Waals surface area contributed by atoms with E-state index in [4.69, 9.17) is 4.74 Å². The highest BCUT2D eigenvalue weighted by atomic mass is 16.5. The number of nitrogens with one attached hydrogen (secondary N) is 2. The number of nitrogens with zero attached hydrogens (tertiary/aromatic N) is 2. The molecule has 0 unspecified atom stereocenters. The van der Waals surface area contributed by atoms with Gasteiger partial charge in [0.15, 0.2) is 0 Å². The minimum atomic E-state index is 0.765. The fourth-order valence-corrected chi connectivity index (χ4v) is 3.15. The summed E-state index contributed by atoms with van der Waals surface area (Å²) >= 11 is 0. The Balaban J connectivity index is 1.76. The first kappa shape index (κ1) is 14.1. The van der Waals surface area contributed by atoms with E-state index in [1.165, 1.54) is 5.56 Å². The Labute approximate surface area is 135 Å². The molecule has 2 aliphatic rings. The fraction of sp³-hybridized carbons (Fsp3) is 0.278. The SMILES string of the molecule is C=C1C=C(c2ccnc3[nH]c(C)cc23)C=C(N2CCOCC2)N1. The molecule has 0 bridgehead atoms. The molecule has 0 saturated carbocycles. The number of hydrogen-bond donors (Lipinski definition) is 2. The first-order valence-corrected chi connectivity index (χ1v) is 7.87. The van der Waals surface area contributed by atoms with Gasteiger partial charge in [0.2, 0.25) is 0 Å². The third kappa shape index (κ3) is 2.64. The summed E-state index contributed by atoms with van der Waals surface area (Å²) in [4.78, 5) is 10.0. The number of aryl methyl sites for hydroxylation is 1. The predicted octanol–water partition coefficient (Wildman–Crippen LogP) is 2.55. The normalized spacial score (nSPS) is 18.7. The van der Waals surface area contributed by atoms with Crippen LogP contribution in [0.2, 0.25) is 0 Å². The van der Waals surface area contributed by atoms with Crippen LogP contribution < -0.4 is 5.32 Å². The van der Waals surface area contributed by atoms with Crippen LogP contribution in [0.5, 0.6) is 0 Å². The average Bonchev–Trinajstić information content (AvgIpc) is 2.95. The van der Waals surface area contributed by atoms with Crippen molar-refractivity contribution in [2.45, 2.75) is 6.92 Å². The quantitative estimate of drug-likeness (QED) is 0.895. The van der Waals surface area contributed by atoms with Crippen LogP contribution in [0.4, 0.5) is 0 Å². The lowest BCUT2D eigenvalue weighted by Crippen LogP contribution is -2.40. The second kappa shape index (κ2) is 5.59. The van der Waals surface area contributed by atoms with Gasteiger partial charge < -0.3 is 19.9 Å². The Bertz CT molecular complexity index is 825. The van der Waals surface area contributed by atoms with Gasteiger partial charge >= 0.3 is 0 Å². The van der Waals surface area contributed by atoms with Gasteiger partial charge in [-0.2, -0.15) is 0 Å². The van der Waals surface area contributed by atoms with Gasteiger partial charge in [-0.1, -0.05) is 6.58 Å². The second-order valence-electron chi connectivity index (χ2n) is 5.95. The smallest absolute Gasteiger partial charge is 0.138 e. The summed E-state index contributed by atoms with van der Waals surface area (Å²) in [5, 5.41) is 4.52. The van der Waals surface area contributed by atoms with Crippen LogP contribution in [-0.2, 0) is 4.74 Å². The van der Waals surface area contributed by atoms with Gasteiger partial charge in [-0.25, -0.2) is 4.98 Å². The molecule has 5 nitrogen and oxygen atoms in total. The number of rotatable bonds is 2. The van der Waals surface area contributed by atoms with E-state index in [-0.39, 0.29) is 0 Å². The highest BCUT2D eigenvalue weighted by Crippen LogP contribution is 2.29. The number of dihydropyridines is 1. The minimum Gasteiger partial charge on any atom is -0.378 e. The Morgan fingerprint density at radius 2 is 2.09 bits per heavy atom. The number of aromatic nitrogens is 2. The van der Waals surface area contributed by atoms with E-state index in [1.807, 2.05) is 6.20 Å². The monoisotopic (exact) mass is 308 g/mol. The van der Waals surface area contributed by atoms with Crippen LogP contribution in [0, 0.1) is 6.92 Å². The van der Waals surface area contributed by atoms with Gasteiger partial charge in [-0.3, -0.25) is 0 Å². The van der Waals surface area contributed by atoms with Crippen molar-refractivity contribution in [3.05, 3.63) is 59.8 Å². The summed E-state index contributed by atoms with van der Waals surface area (Å²) in [6, 6.07) is 4.21. The molecule has 1 saturated heterocycles. The molecule has 0 amide bonds. The predicted molar refractivity (Wildman–Crippen MR) is 91.6 cm³/mol. The van der Waals surface area contributed by atoms with E-state index >= 15 is 0 Å². The maximum Gasteiger partial charge on any atom is 0.138 e. The highest BCUT2D eigenvalue weighted by Gasteiger charge is 2.18. The van der Waals surface area contributed by atoms with E-state index in [0.717, 1.165) is 60.1 Å². The maximum atomic E-state index is 5.44. The Hall–Kier alpha value is -2.53. The van der Waals surface area contributed by atoms with Gasteiger partial charge in [-0.15, -0.1) is 0 Å². The number of hydrogen-bond acceptors (Lipinski definition) is 4. The van der Waals surface area contributed by atoms with Crippen LogP contribution in [-0.4, -0.2) is 41.2 Å². The van der Waals surface area contributed by atoms with Crippen molar-refractivity contribution in [3.63, 3.8) is 0 Å². The topological polar surface area (TPSA) is 53.2 Å². The molecule has 2 aromatic heterocycles. The number of allylic oxidation sites excluding steroid dienone is 3. The van der Waals surface area contributed by atoms with Gasteiger partial charge in [0.1, 0.15) is 11.5 Å². The zero-order valence-electron chi connectivity index (χ0n) is 13.2. The zero-order chi connectivity index (χ0) is 15.8. The Morgan fingerprint density at radius 3 is 2.91 bits per heavy atom. The molecular formula is C18H20N4O. The van der Waals surface area contributed by atoms with Crippen molar-refractivity contribution >= 4 is 16.6 Å². The van der Waals surface area contributed by atoms with Crippen molar-refractivity contribution in [3.8, 4) is 0 Å². The molecule has 0 aliphatic carbocycles. The number of H-pyrrole nitrogens is 1. The minimum absolute atomic E-state index is 0.765. The summed E-state index contributed by atoms with van der Waals surface area (Å²) in [6.45, 7) is 9.49. The number of pyridine rings is 1. The number of aromatic amines is 1. The van der Waals surface area contributed by atoms with Crippen LogP contribution >= 0.6 is 0 Å². The van der Waals surface area contributed by atoms with E-state index < -0.39 is 0 Å². The van der Waals surface area contributed by atoms with Gasteiger partial charge in [0, 0.05) is 36.1 Å². The van der Waals surface area contributed by atoms with E-state index in [1.54, 1.807) is 0 Å². The van der Waals surface area contributed by atoms with Crippen molar-refractivity contribution in [1.82, 2.24) is 20.2 Å². The van der Waals surface area contributed by atoms with Crippen molar-refractivity contribution in [1.29, 1.82) is 0 Å². The molecule has 23 heavy (non-hydrogen) atoms. The summed E-state index contributed by atoms with van der Waals surface area (Å²) in [5.41, 5.74) is 5.27. The Kier molecular flexibility index (Phi) is 3.42. The first-order valence-electron chi connectivity index (χ1n) is 7.87. The molecule has 0 atom stereocenters. The van der Waals surface area contributed by atoms with Gasteiger partial charge in [0.25, 0.3) is 0 Å². The van der Waals surface area contributed by atoms with E-state index in [0.29, 0.717) is 0 Å². The number of fused-ring (bicyclic) bond motifs is 1. The molecule has 118 valence electrons. The summed E-state index contributed by atoms with van der Waals surface area (Å²) in [6.07, 6.45) is 6.12. The summed E-state index contributed by atoms with van der Waals surface area (Å²) in [5.74, 6) is 1.09. The largest absolute Gasteiger partial charge is 0.378 e. The molecule has 4 heterocycles.